The molecule has 0 atom stereocenters. The summed E-state index contributed by atoms with van der Waals surface area (Å²) in [4.78, 5) is 8.30. The van der Waals surface area contributed by atoms with Gasteiger partial charge in [0.2, 0.25) is 0 Å². The zero-order chi connectivity index (χ0) is 20.1. The van der Waals surface area contributed by atoms with Gasteiger partial charge in [-0.05, 0) is 48.5 Å². The van der Waals surface area contributed by atoms with Crippen LogP contribution in [-0.2, 0) is 20.2 Å². The number of hydrogen-bond donors (Lipinski definition) is 2. The van der Waals surface area contributed by atoms with Crippen molar-refractivity contribution in [1.82, 2.24) is 9.97 Å². The summed E-state index contributed by atoms with van der Waals surface area (Å²) in [7, 11) is -8.78. The zero-order valence-electron chi connectivity index (χ0n) is 14.0. The number of rotatable bonds is 3. The summed E-state index contributed by atoms with van der Waals surface area (Å²) in [6.45, 7) is 0. The maximum absolute atomic E-state index is 11.5. The third kappa shape index (κ3) is 3.22. The van der Waals surface area contributed by atoms with E-state index >= 15 is 0 Å². The van der Waals surface area contributed by atoms with Crippen LogP contribution in [0.5, 0.6) is 0 Å². The molecule has 4 aromatic rings. The van der Waals surface area contributed by atoms with Gasteiger partial charge in [-0.2, -0.15) is 16.8 Å². The van der Waals surface area contributed by atoms with Crippen molar-refractivity contribution in [2.45, 2.75) is 9.79 Å². The Bertz CT molecular complexity index is 1350. The number of hydrogen-bond acceptors (Lipinski definition) is 6. The van der Waals surface area contributed by atoms with Crippen LogP contribution < -0.4 is 0 Å². The van der Waals surface area contributed by atoms with E-state index in [1.165, 1.54) is 36.4 Å². The highest BCUT2D eigenvalue weighted by molar-refractivity contribution is 7.86. The van der Waals surface area contributed by atoms with Crippen LogP contribution >= 0.6 is 0 Å². The molecular formula is C18H12N2O6S2. The van der Waals surface area contributed by atoms with Crippen molar-refractivity contribution >= 4 is 42.0 Å². The molecule has 2 heterocycles. The average Bonchev–Trinajstić information content (AvgIpc) is 2.64. The predicted octanol–water partition coefficient (Wildman–Crippen LogP) is 2.94. The normalized spacial score (nSPS) is 12.5. The Morgan fingerprint density at radius 2 is 0.964 bits per heavy atom. The Kier molecular flexibility index (Phi) is 4.16. The van der Waals surface area contributed by atoms with E-state index in [2.05, 4.69) is 9.97 Å². The van der Waals surface area contributed by atoms with E-state index in [1.807, 2.05) is 0 Å². The fraction of sp³-hybridized carbons (Fsp3) is 0. The molecule has 0 aliphatic heterocycles. The Morgan fingerprint density at radius 3 is 1.32 bits per heavy atom. The van der Waals surface area contributed by atoms with Gasteiger partial charge in [-0.1, -0.05) is 12.1 Å². The quantitative estimate of drug-likeness (QED) is 0.487. The highest BCUT2D eigenvalue weighted by Crippen LogP contribution is 2.27. The van der Waals surface area contributed by atoms with E-state index in [9.17, 15) is 25.9 Å². The standard InChI is InChI=1S/C18H12N2O6S2/c21-27(22,23)17-5-1-3-13-11(17)7-9-15(19-13)16-10-8-12-14(20-16)4-2-6-18(12)28(24,25)26/h1-10H,(H,21,22,23)(H,24,25,26). The summed E-state index contributed by atoms with van der Waals surface area (Å²) in [6.07, 6.45) is 0. The smallest absolute Gasteiger partial charge is 0.282 e. The van der Waals surface area contributed by atoms with E-state index < -0.39 is 20.2 Å². The molecule has 0 aliphatic rings. The van der Waals surface area contributed by atoms with E-state index in [0.717, 1.165) is 0 Å². The van der Waals surface area contributed by atoms with Gasteiger partial charge in [-0.15, -0.1) is 0 Å². The van der Waals surface area contributed by atoms with Gasteiger partial charge in [0.25, 0.3) is 20.2 Å². The molecule has 2 aromatic heterocycles. The molecule has 28 heavy (non-hydrogen) atoms. The minimum atomic E-state index is -4.39. The van der Waals surface area contributed by atoms with Crippen LogP contribution in [0.15, 0.2) is 70.5 Å². The molecule has 0 fully saturated rings. The summed E-state index contributed by atoms with van der Waals surface area (Å²) in [5, 5.41) is 0.534. The second-order valence-corrected chi connectivity index (χ2v) is 8.77. The highest BCUT2D eigenvalue weighted by atomic mass is 32.2. The van der Waals surface area contributed by atoms with Gasteiger partial charge >= 0.3 is 0 Å². The van der Waals surface area contributed by atoms with Crippen molar-refractivity contribution in [1.29, 1.82) is 0 Å². The summed E-state index contributed by atoms with van der Waals surface area (Å²) < 4.78 is 64.7. The third-order valence-corrected chi connectivity index (χ3v) is 6.03. The molecule has 142 valence electrons. The van der Waals surface area contributed by atoms with Gasteiger partial charge in [-0.25, -0.2) is 9.97 Å². The molecule has 4 rings (SSSR count). The van der Waals surface area contributed by atoms with Crippen molar-refractivity contribution in [2.75, 3.05) is 0 Å². The minimum absolute atomic E-state index is 0.242. The van der Waals surface area contributed by atoms with Crippen molar-refractivity contribution < 1.29 is 25.9 Å². The molecule has 0 unspecified atom stereocenters. The average molecular weight is 416 g/mol. The van der Waals surface area contributed by atoms with Gasteiger partial charge in [0.1, 0.15) is 9.79 Å². The number of fused-ring (bicyclic) bond motifs is 2. The first kappa shape index (κ1) is 18.4. The van der Waals surface area contributed by atoms with E-state index in [1.54, 1.807) is 24.3 Å². The van der Waals surface area contributed by atoms with Crippen molar-refractivity contribution in [3.8, 4) is 11.4 Å². The zero-order valence-corrected chi connectivity index (χ0v) is 15.6. The molecule has 8 nitrogen and oxygen atoms in total. The van der Waals surface area contributed by atoms with Gasteiger partial charge in [0, 0.05) is 10.8 Å². The molecule has 0 amide bonds. The molecule has 0 saturated carbocycles. The second kappa shape index (κ2) is 6.31. The molecule has 0 spiro atoms. The van der Waals surface area contributed by atoms with Gasteiger partial charge < -0.3 is 0 Å². The van der Waals surface area contributed by atoms with Crippen molar-refractivity contribution in [2.24, 2.45) is 0 Å². The lowest BCUT2D eigenvalue weighted by molar-refractivity contribution is 0.482. The number of nitrogens with zero attached hydrogens (tertiary/aromatic N) is 2. The summed E-state index contributed by atoms with van der Waals surface area (Å²) in [6, 6.07) is 14.8. The van der Waals surface area contributed by atoms with Crippen LogP contribution in [0.4, 0.5) is 0 Å². The maximum atomic E-state index is 11.5. The molecule has 0 bridgehead atoms. The largest absolute Gasteiger partial charge is 0.295 e. The highest BCUT2D eigenvalue weighted by Gasteiger charge is 2.17. The SMILES string of the molecule is O=S(=O)(O)c1cccc2nc(-c3ccc4c(S(=O)(=O)O)cccc4n3)ccc12. The van der Waals surface area contributed by atoms with E-state index in [0.29, 0.717) is 22.4 Å². The Balaban J connectivity index is 1.90. The van der Waals surface area contributed by atoms with Crippen LogP contribution in [0.1, 0.15) is 0 Å². The molecule has 0 radical (unpaired) electrons. The first-order valence-corrected chi connectivity index (χ1v) is 10.8. The monoisotopic (exact) mass is 416 g/mol. The van der Waals surface area contributed by atoms with Gasteiger partial charge in [-0.3, -0.25) is 9.11 Å². The number of aromatic nitrogens is 2. The Labute approximate surface area is 160 Å². The van der Waals surface area contributed by atoms with Crippen LogP contribution in [0.3, 0.4) is 0 Å². The second-order valence-electron chi connectivity index (χ2n) is 5.99. The van der Waals surface area contributed by atoms with Gasteiger partial charge in [0.05, 0.1) is 22.4 Å². The molecule has 10 heteroatoms. The summed E-state index contributed by atoms with van der Waals surface area (Å²) in [5.74, 6) is 0. The topological polar surface area (TPSA) is 135 Å². The molecule has 0 saturated heterocycles. The third-order valence-electron chi connectivity index (χ3n) is 4.20. The predicted molar refractivity (Wildman–Crippen MR) is 102 cm³/mol. The molecular weight excluding hydrogens is 404 g/mol. The van der Waals surface area contributed by atoms with Gasteiger partial charge in [0.15, 0.2) is 0 Å². The van der Waals surface area contributed by atoms with E-state index in [4.69, 9.17) is 0 Å². The lowest BCUT2D eigenvalue weighted by atomic mass is 10.1. The first-order valence-electron chi connectivity index (χ1n) is 7.89. The number of pyridine rings is 2. The lowest BCUT2D eigenvalue weighted by Crippen LogP contribution is -2.00. The molecule has 0 aliphatic carbocycles. The first-order chi connectivity index (χ1) is 13.1. The Hall–Kier alpha value is -2.92. The fourth-order valence-electron chi connectivity index (χ4n) is 2.99. The summed E-state index contributed by atoms with van der Waals surface area (Å²) >= 11 is 0. The minimum Gasteiger partial charge on any atom is -0.282 e. The molecule has 2 aromatic carbocycles. The lowest BCUT2D eigenvalue weighted by Gasteiger charge is -2.08. The van der Waals surface area contributed by atoms with Crippen LogP contribution in [-0.4, -0.2) is 35.9 Å². The van der Waals surface area contributed by atoms with E-state index in [-0.39, 0.29) is 20.6 Å². The van der Waals surface area contributed by atoms with Crippen LogP contribution in [0.2, 0.25) is 0 Å². The Morgan fingerprint density at radius 1 is 0.571 bits per heavy atom. The van der Waals surface area contributed by atoms with Crippen molar-refractivity contribution in [3.63, 3.8) is 0 Å². The van der Waals surface area contributed by atoms with Crippen LogP contribution in [0.25, 0.3) is 33.2 Å². The fourth-order valence-corrected chi connectivity index (χ4v) is 4.39. The number of benzene rings is 2. The molecule has 2 N–H and O–H groups in total. The maximum Gasteiger partial charge on any atom is 0.295 e. The van der Waals surface area contributed by atoms with Crippen molar-refractivity contribution in [3.05, 3.63) is 60.7 Å². The summed E-state index contributed by atoms with van der Waals surface area (Å²) in [5.41, 5.74) is 1.56. The van der Waals surface area contributed by atoms with Crippen LogP contribution in [0, 0.1) is 0 Å².